The van der Waals surface area contributed by atoms with E-state index in [4.69, 9.17) is 15.3 Å². The van der Waals surface area contributed by atoms with Crippen LogP contribution in [0.25, 0.3) is 0 Å². The molecular weight excluding hydrogens is 528 g/mol. The Balaban J connectivity index is 1.01. The van der Waals surface area contributed by atoms with Gasteiger partial charge in [-0.05, 0) is 37.3 Å². The van der Waals surface area contributed by atoms with Crippen molar-refractivity contribution in [2.45, 2.75) is 50.2 Å². The highest BCUT2D eigenvalue weighted by molar-refractivity contribution is 5.80. The minimum atomic E-state index is 0.106. The maximum atomic E-state index is 6.65. The summed E-state index contributed by atoms with van der Waals surface area (Å²) in [5, 5.41) is 5.29. The van der Waals surface area contributed by atoms with Gasteiger partial charge in [-0.15, -0.1) is 0 Å². The van der Waals surface area contributed by atoms with Crippen molar-refractivity contribution in [1.82, 2.24) is 19.8 Å². The number of hydrogen-bond acceptors (Lipinski definition) is 10. The van der Waals surface area contributed by atoms with Crippen molar-refractivity contribution in [2.24, 2.45) is 0 Å². The molecule has 4 fully saturated rings. The van der Waals surface area contributed by atoms with Gasteiger partial charge in [0, 0.05) is 69.9 Å². The molecule has 10 nitrogen and oxygen atoms in total. The fraction of sp³-hybridized carbons (Fsp3) is 0.500. The molecule has 222 valence electrons. The van der Waals surface area contributed by atoms with Crippen LogP contribution in [-0.4, -0.2) is 84.8 Å². The molecule has 7 rings (SSSR count). The molecule has 4 aliphatic rings. The van der Waals surface area contributed by atoms with Crippen molar-refractivity contribution in [3.8, 4) is 5.75 Å². The standard InChI is InChI=1S/C32H42N8O2/c1-41-30-20-29(39-12-9-25(10-13-39)38-16-14-37(15-17-38)24-7-8-24)26(33)19-27(30)36-31-21-32(35-22-34-31)40-28(11-18-42-40)23-5-3-2-4-6-23/h2-6,19-22,24-25,28H,7-18,33H2,1H3,(H,34,35,36)/t28-/m1/s1. The van der Waals surface area contributed by atoms with E-state index in [1.54, 1.807) is 13.4 Å². The van der Waals surface area contributed by atoms with Crippen molar-refractivity contribution >= 4 is 28.7 Å². The Morgan fingerprint density at radius 3 is 2.26 bits per heavy atom. The van der Waals surface area contributed by atoms with Crippen LogP contribution in [0.1, 0.15) is 43.7 Å². The Labute approximate surface area is 248 Å². The third kappa shape index (κ3) is 5.71. The number of hydroxylamine groups is 1. The summed E-state index contributed by atoms with van der Waals surface area (Å²) in [6, 6.07) is 18.0. The van der Waals surface area contributed by atoms with E-state index in [9.17, 15) is 0 Å². The number of aromatic nitrogens is 2. The third-order valence-corrected chi connectivity index (χ3v) is 9.31. The number of nitrogens with zero attached hydrogens (tertiary/aromatic N) is 6. The van der Waals surface area contributed by atoms with E-state index in [-0.39, 0.29) is 6.04 Å². The summed E-state index contributed by atoms with van der Waals surface area (Å²) in [6.45, 7) is 7.53. The number of nitrogen functional groups attached to an aromatic ring is 1. The van der Waals surface area contributed by atoms with Gasteiger partial charge >= 0.3 is 0 Å². The van der Waals surface area contributed by atoms with E-state index in [1.807, 2.05) is 23.3 Å². The number of methoxy groups -OCH3 is 1. The predicted molar refractivity (Wildman–Crippen MR) is 166 cm³/mol. The van der Waals surface area contributed by atoms with Crippen molar-refractivity contribution < 1.29 is 9.57 Å². The second-order valence-electron chi connectivity index (χ2n) is 11.9. The Morgan fingerprint density at radius 1 is 0.857 bits per heavy atom. The van der Waals surface area contributed by atoms with Gasteiger partial charge in [0.15, 0.2) is 5.82 Å². The molecular formula is C32H42N8O2. The maximum absolute atomic E-state index is 6.65. The number of ether oxygens (including phenoxy) is 1. The van der Waals surface area contributed by atoms with E-state index in [0.717, 1.165) is 61.2 Å². The molecule has 42 heavy (non-hydrogen) atoms. The first-order chi connectivity index (χ1) is 20.7. The highest BCUT2D eigenvalue weighted by Crippen LogP contribution is 2.39. The summed E-state index contributed by atoms with van der Waals surface area (Å²) < 4.78 is 5.82. The van der Waals surface area contributed by atoms with E-state index < -0.39 is 0 Å². The molecule has 3 aromatic rings. The van der Waals surface area contributed by atoms with E-state index in [1.165, 1.54) is 44.6 Å². The zero-order chi connectivity index (χ0) is 28.5. The molecule has 3 aliphatic heterocycles. The van der Waals surface area contributed by atoms with Crippen LogP contribution in [0, 0.1) is 0 Å². The van der Waals surface area contributed by atoms with Crippen molar-refractivity contribution in [2.75, 3.05) is 74.0 Å². The quantitative estimate of drug-likeness (QED) is 0.379. The van der Waals surface area contributed by atoms with Crippen LogP contribution in [0.5, 0.6) is 5.75 Å². The van der Waals surface area contributed by atoms with Crippen molar-refractivity contribution in [3.63, 3.8) is 0 Å². The van der Waals surface area contributed by atoms with Gasteiger partial charge in [0.25, 0.3) is 0 Å². The molecule has 1 aliphatic carbocycles. The minimum Gasteiger partial charge on any atom is -0.494 e. The van der Waals surface area contributed by atoms with Crippen molar-refractivity contribution in [3.05, 3.63) is 60.4 Å². The number of rotatable bonds is 8. The topological polar surface area (TPSA) is 95.2 Å². The van der Waals surface area contributed by atoms with Gasteiger partial charge in [0.2, 0.25) is 0 Å². The largest absolute Gasteiger partial charge is 0.494 e. The van der Waals surface area contributed by atoms with Gasteiger partial charge in [-0.25, -0.2) is 15.0 Å². The van der Waals surface area contributed by atoms with Crippen LogP contribution < -0.4 is 25.8 Å². The number of piperazine rings is 1. The molecule has 3 saturated heterocycles. The summed E-state index contributed by atoms with van der Waals surface area (Å²) in [4.78, 5) is 22.8. The zero-order valence-electron chi connectivity index (χ0n) is 24.5. The second-order valence-corrected chi connectivity index (χ2v) is 11.9. The predicted octanol–water partition coefficient (Wildman–Crippen LogP) is 4.44. The number of benzene rings is 2. The van der Waals surface area contributed by atoms with Gasteiger partial charge in [-0.2, -0.15) is 0 Å². The average Bonchev–Trinajstić information content (AvgIpc) is 3.78. The molecule has 3 N–H and O–H groups in total. The first-order valence-electron chi connectivity index (χ1n) is 15.4. The molecule has 0 unspecified atom stereocenters. The van der Waals surface area contributed by atoms with E-state index >= 15 is 0 Å². The fourth-order valence-electron chi connectivity index (χ4n) is 6.85. The summed E-state index contributed by atoms with van der Waals surface area (Å²) in [5.41, 5.74) is 10.4. The number of nitrogens with one attached hydrogen (secondary N) is 1. The van der Waals surface area contributed by atoms with Gasteiger partial charge in [-0.1, -0.05) is 30.3 Å². The fourth-order valence-corrected chi connectivity index (χ4v) is 6.85. The molecule has 0 radical (unpaired) electrons. The van der Waals surface area contributed by atoms with Crippen LogP contribution >= 0.6 is 0 Å². The summed E-state index contributed by atoms with van der Waals surface area (Å²) in [6.07, 6.45) is 7.59. The lowest BCUT2D eigenvalue weighted by atomic mass is 10.0. The van der Waals surface area contributed by atoms with Crippen LogP contribution in [0.4, 0.5) is 28.7 Å². The van der Waals surface area contributed by atoms with Gasteiger partial charge in [-0.3, -0.25) is 14.6 Å². The normalized spacial score (nSPS) is 22.5. The number of nitrogens with two attached hydrogens (primary N) is 1. The van der Waals surface area contributed by atoms with Crippen LogP contribution in [0.3, 0.4) is 0 Å². The summed E-state index contributed by atoms with van der Waals surface area (Å²) >= 11 is 0. The minimum absolute atomic E-state index is 0.106. The number of piperidine rings is 1. The lowest BCUT2D eigenvalue weighted by Gasteiger charge is -2.43. The Hall–Kier alpha value is -3.60. The Morgan fingerprint density at radius 2 is 1.57 bits per heavy atom. The molecule has 1 aromatic heterocycles. The first kappa shape index (κ1) is 27.2. The van der Waals surface area contributed by atoms with Crippen molar-refractivity contribution in [1.29, 1.82) is 0 Å². The smallest absolute Gasteiger partial charge is 0.158 e. The molecule has 0 bridgehead atoms. The van der Waals surface area contributed by atoms with E-state index in [0.29, 0.717) is 24.3 Å². The SMILES string of the molecule is COc1cc(N2CCC(N3CCN(C4CC4)CC3)CC2)c(N)cc1Nc1cc(N2OCC[C@@H]2c2ccccc2)ncn1. The monoisotopic (exact) mass is 570 g/mol. The zero-order valence-corrected chi connectivity index (χ0v) is 24.5. The van der Waals surface area contributed by atoms with Crippen LogP contribution in [-0.2, 0) is 4.84 Å². The molecule has 10 heteroatoms. The average molecular weight is 571 g/mol. The highest BCUT2D eigenvalue weighted by Gasteiger charge is 2.34. The molecule has 1 saturated carbocycles. The number of anilines is 5. The first-order valence-corrected chi connectivity index (χ1v) is 15.4. The molecule has 2 aromatic carbocycles. The Bertz CT molecular complexity index is 1350. The van der Waals surface area contributed by atoms with Crippen LogP contribution in [0.15, 0.2) is 54.9 Å². The van der Waals surface area contributed by atoms with Crippen LogP contribution in [0.2, 0.25) is 0 Å². The lowest BCUT2D eigenvalue weighted by Crippen LogP contribution is -2.53. The second kappa shape index (κ2) is 11.9. The highest BCUT2D eigenvalue weighted by atomic mass is 16.7. The Kier molecular flexibility index (Phi) is 7.75. The molecule has 0 amide bonds. The lowest BCUT2D eigenvalue weighted by molar-refractivity contribution is 0.0809. The van der Waals surface area contributed by atoms with E-state index in [2.05, 4.69) is 60.3 Å². The van der Waals surface area contributed by atoms with Gasteiger partial charge < -0.3 is 20.7 Å². The van der Waals surface area contributed by atoms with Gasteiger partial charge in [0.1, 0.15) is 17.9 Å². The maximum Gasteiger partial charge on any atom is 0.158 e. The number of hydrogen-bond donors (Lipinski definition) is 2. The summed E-state index contributed by atoms with van der Waals surface area (Å²) in [5.74, 6) is 2.09. The molecule has 1 atom stereocenters. The molecule has 0 spiro atoms. The molecule has 4 heterocycles. The third-order valence-electron chi connectivity index (χ3n) is 9.31. The van der Waals surface area contributed by atoms with Gasteiger partial charge in [0.05, 0.1) is 36.8 Å². The summed E-state index contributed by atoms with van der Waals surface area (Å²) in [7, 11) is 1.70.